The molecule has 0 aliphatic heterocycles. The van der Waals surface area contributed by atoms with Gasteiger partial charge in [-0.05, 0) is 38.4 Å². The lowest BCUT2D eigenvalue weighted by Crippen LogP contribution is -2.30. The predicted octanol–water partition coefficient (Wildman–Crippen LogP) is 3.64. The number of hydrogen-bond donors (Lipinski definition) is 1. The first-order chi connectivity index (χ1) is 8.43. The fourth-order valence-electron chi connectivity index (χ4n) is 1.99. The van der Waals surface area contributed by atoms with E-state index in [9.17, 15) is 0 Å². The maximum atomic E-state index is 6.19. The molecule has 4 heteroatoms. The molecule has 1 aromatic rings. The minimum absolute atomic E-state index is 0.529. The Kier molecular flexibility index (Phi) is 5.89. The van der Waals surface area contributed by atoms with Crippen molar-refractivity contribution in [3.8, 4) is 0 Å². The molecule has 0 aromatic carbocycles. The van der Waals surface area contributed by atoms with E-state index in [2.05, 4.69) is 43.0 Å². The topological polar surface area (TPSA) is 28.2 Å². The van der Waals surface area contributed by atoms with E-state index in [0.29, 0.717) is 12.0 Å². The van der Waals surface area contributed by atoms with Crippen LogP contribution in [0.15, 0.2) is 12.1 Å². The Labute approximate surface area is 116 Å². The van der Waals surface area contributed by atoms with Crippen molar-refractivity contribution in [1.29, 1.82) is 0 Å². The number of pyridine rings is 1. The van der Waals surface area contributed by atoms with Gasteiger partial charge in [-0.25, -0.2) is 4.98 Å². The van der Waals surface area contributed by atoms with Gasteiger partial charge < -0.3 is 5.32 Å². The fraction of sp³-hybridized carbons (Fsp3) is 0.643. The number of rotatable bonds is 6. The third-order valence-corrected chi connectivity index (χ3v) is 3.48. The molecule has 1 heterocycles. The summed E-state index contributed by atoms with van der Waals surface area (Å²) in [7, 11) is 3.99. The van der Waals surface area contributed by atoms with Crippen LogP contribution in [0.1, 0.15) is 32.9 Å². The zero-order valence-electron chi connectivity index (χ0n) is 12.0. The number of nitrogens with one attached hydrogen (secondary N) is 1. The normalized spacial score (nSPS) is 13.1. The molecule has 0 saturated carbocycles. The van der Waals surface area contributed by atoms with E-state index in [-0.39, 0.29) is 0 Å². The first-order valence-corrected chi connectivity index (χ1v) is 6.85. The molecule has 18 heavy (non-hydrogen) atoms. The maximum Gasteiger partial charge on any atom is 0.126 e. The standard InChI is InChI=1S/C14H24ClN3/c1-10(2)8-11(3)18(5)9-13-12(15)6-7-14(16-4)17-13/h6-7,10-11H,8-9H2,1-5H3,(H,16,17). The van der Waals surface area contributed by atoms with Gasteiger partial charge in [-0.1, -0.05) is 25.4 Å². The highest BCUT2D eigenvalue weighted by molar-refractivity contribution is 6.31. The van der Waals surface area contributed by atoms with Gasteiger partial charge in [-0.2, -0.15) is 0 Å². The van der Waals surface area contributed by atoms with Crippen molar-refractivity contribution in [2.75, 3.05) is 19.4 Å². The van der Waals surface area contributed by atoms with Gasteiger partial charge in [0.15, 0.2) is 0 Å². The molecular weight excluding hydrogens is 246 g/mol. The summed E-state index contributed by atoms with van der Waals surface area (Å²) in [5.74, 6) is 1.56. The molecule has 0 bridgehead atoms. The molecule has 0 aliphatic carbocycles. The van der Waals surface area contributed by atoms with Crippen LogP contribution in [0.4, 0.5) is 5.82 Å². The zero-order chi connectivity index (χ0) is 13.7. The van der Waals surface area contributed by atoms with Crippen LogP contribution in [0, 0.1) is 5.92 Å². The SMILES string of the molecule is CNc1ccc(Cl)c(CN(C)C(C)CC(C)C)n1. The lowest BCUT2D eigenvalue weighted by Gasteiger charge is -2.26. The fourth-order valence-corrected chi connectivity index (χ4v) is 2.15. The predicted molar refractivity (Wildman–Crippen MR) is 79.2 cm³/mol. The van der Waals surface area contributed by atoms with Crippen LogP contribution in [0.3, 0.4) is 0 Å². The third-order valence-electron chi connectivity index (χ3n) is 3.14. The van der Waals surface area contributed by atoms with Gasteiger partial charge in [0.25, 0.3) is 0 Å². The van der Waals surface area contributed by atoms with Crippen molar-refractivity contribution in [1.82, 2.24) is 9.88 Å². The summed E-state index contributed by atoms with van der Waals surface area (Å²) in [5, 5.41) is 3.77. The molecule has 0 spiro atoms. The van der Waals surface area contributed by atoms with Crippen LogP contribution < -0.4 is 5.32 Å². The van der Waals surface area contributed by atoms with Crippen LogP contribution in [-0.4, -0.2) is 30.0 Å². The quantitative estimate of drug-likeness (QED) is 0.855. The Hall–Kier alpha value is -0.800. The molecule has 1 unspecified atom stereocenters. The number of halogens is 1. The molecule has 0 fully saturated rings. The second kappa shape index (κ2) is 6.95. The van der Waals surface area contributed by atoms with Gasteiger partial charge in [-0.15, -0.1) is 0 Å². The Morgan fingerprint density at radius 2 is 2.00 bits per heavy atom. The van der Waals surface area contributed by atoms with Crippen molar-refractivity contribution < 1.29 is 0 Å². The Balaban J connectivity index is 2.71. The number of anilines is 1. The van der Waals surface area contributed by atoms with Crippen molar-refractivity contribution in [3.05, 3.63) is 22.8 Å². The van der Waals surface area contributed by atoms with E-state index in [4.69, 9.17) is 11.6 Å². The maximum absolute atomic E-state index is 6.19. The number of nitrogens with zero attached hydrogens (tertiary/aromatic N) is 2. The lowest BCUT2D eigenvalue weighted by atomic mass is 10.0. The molecule has 0 aliphatic rings. The van der Waals surface area contributed by atoms with Crippen LogP contribution in [0.5, 0.6) is 0 Å². The monoisotopic (exact) mass is 269 g/mol. The molecule has 0 saturated heterocycles. The molecule has 0 radical (unpaired) electrons. The first-order valence-electron chi connectivity index (χ1n) is 6.47. The van der Waals surface area contributed by atoms with Crippen LogP contribution in [0.2, 0.25) is 5.02 Å². The molecule has 1 aromatic heterocycles. The summed E-state index contributed by atoms with van der Waals surface area (Å²) in [4.78, 5) is 6.81. The third kappa shape index (κ3) is 4.46. The summed E-state index contributed by atoms with van der Waals surface area (Å²) in [6.07, 6.45) is 1.18. The average molecular weight is 270 g/mol. The Bertz CT molecular complexity index is 379. The van der Waals surface area contributed by atoms with Gasteiger partial charge in [0.05, 0.1) is 10.7 Å². The van der Waals surface area contributed by atoms with Gasteiger partial charge in [0.1, 0.15) is 5.82 Å². The minimum atomic E-state index is 0.529. The Morgan fingerprint density at radius 1 is 1.33 bits per heavy atom. The lowest BCUT2D eigenvalue weighted by molar-refractivity contribution is 0.218. The van der Waals surface area contributed by atoms with Gasteiger partial charge >= 0.3 is 0 Å². The van der Waals surface area contributed by atoms with Crippen LogP contribution in [-0.2, 0) is 6.54 Å². The molecule has 1 atom stereocenters. The molecular formula is C14H24ClN3. The largest absolute Gasteiger partial charge is 0.373 e. The van der Waals surface area contributed by atoms with E-state index in [1.54, 1.807) is 0 Å². The number of hydrogen-bond acceptors (Lipinski definition) is 3. The second-order valence-corrected chi connectivity index (χ2v) is 5.68. The number of aromatic nitrogens is 1. The second-order valence-electron chi connectivity index (χ2n) is 5.27. The van der Waals surface area contributed by atoms with Gasteiger partial charge in [0.2, 0.25) is 0 Å². The smallest absolute Gasteiger partial charge is 0.126 e. The first kappa shape index (κ1) is 15.3. The molecule has 1 N–H and O–H groups in total. The van der Waals surface area contributed by atoms with Crippen molar-refractivity contribution >= 4 is 17.4 Å². The van der Waals surface area contributed by atoms with Crippen molar-refractivity contribution in [2.24, 2.45) is 5.92 Å². The van der Waals surface area contributed by atoms with E-state index in [1.165, 1.54) is 6.42 Å². The highest BCUT2D eigenvalue weighted by Gasteiger charge is 2.14. The van der Waals surface area contributed by atoms with Crippen molar-refractivity contribution in [3.63, 3.8) is 0 Å². The van der Waals surface area contributed by atoms with Gasteiger partial charge in [0, 0.05) is 19.6 Å². The highest BCUT2D eigenvalue weighted by atomic mass is 35.5. The van der Waals surface area contributed by atoms with E-state index in [1.807, 2.05) is 19.2 Å². The summed E-state index contributed by atoms with van der Waals surface area (Å²) in [6.45, 7) is 7.52. The van der Waals surface area contributed by atoms with Crippen LogP contribution in [0.25, 0.3) is 0 Å². The van der Waals surface area contributed by atoms with E-state index in [0.717, 1.165) is 23.1 Å². The van der Waals surface area contributed by atoms with E-state index >= 15 is 0 Å². The average Bonchev–Trinajstić information content (AvgIpc) is 2.31. The van der Waals surface area contributed by atoms with Crippen molar-refractivity contribution in [2.45, 2.75) is 39.8 Å². The molecule has 0 amide bonds. The Morgan fingerprint density at radius 3 is 2.56 bits per heavy atom. The highest BCUT2D eigenvalue weighted by Crippen LogP contribution is 2.19. The minimum Gasteiger partial charge on any atom is -0.373 e. The van der Waals surface area contributed by atoms with Gasteiger partial charge in [-0.3, -0.25) is 4.90 Å². The summed E-state index contributed by atoms with van der Waals surface area (Å²) >= 11 is 6.19. The summed E-state index contributed by atoms with van der Waals surface area (Å²) in [6, 6.07) is 4.32. The molecule has 1 rings (SSSR count). The molecule has 3 nitrogen and oxygen atoms in total. The summed E-state index contributed by atoms with van der Waals surface area (Å²) in [5.41, 5.74) is 0.932. The zero-order valence-corrected chi connectivity index (χ0v) is 12.8. The summed E-state index contributed by atoms with van der Waals surface area (Å²) < 4.78 is 0. The van der Waals surface area contributed by atoms with Crippen LogP contribution >= 0.6 is 11.6 Å². The molecule has 102 valence electrons. The van der Waals surface area contributed by atoms with E-state index < -0.39 is 0 Å².